The summed E-state index contributed by atoms with van der Waals surface area (Å²) in [6.07, 6.45) is 2.97. The number of likely N-dealkylation sites (tertiary alicyclic amines) is 1. The number of sulfonamides is 1. The number of hydrogen-bond acceptors (Lipinski definition) is 3. The van der Waals surface area contributed by atoms with Gasteiger partial charge in [-0.1, -0.05) is 13.0 Å². The van der Waals surface area contributed by atoms with Crippen LogP contribution in [0.25, 0.3) is 0 Å². The highest BCUT2D eigenvalue weighted by Crippen LogP contribution is 2.25. The van der Waals surface area contributed by atoms with Crippen LogP contribution in [0.15, 0.2) is 24.3 Å². The van der Waals surface area contributed by atoms with Crippen molar-refractivity contribution in [3.8, 4) is 0 Å². The fourth-order valence-corrected chi connectivity index (χ4v) is 4.65. The monoisotopic (exact) mass is 356 g/mol. The third-order valence-corrected chi connectivity index (χ3v) is 5.92. The number of carbonyl (C=O) groups excluding carboxylic acids is 1. The third-order valence-electron chi connectivity index (χ3n) is 4.44. The summed E-state index contributed by atoms with van der Waals surface area (Å²) in [6, 6.07) is 5.51. The summed E-state index contributed by atoms with van der Waals surface area (Å²) in [7, 11) is -3.73. The van der Waals surface area contributed by atoms with Crippen molar-refractivity contribution in [1.82, 2.24) is 4.90 Å². The first-order chi connectivity index (χ1) is 11.2. The Labute approximate surface area is 143 Å². The van der Waals surface area contributed by atoms with Gasteiger partial charge in [0.1, 0.15) is 5.82 Å². The average Bonchev–Trinajstić information content (AvgIpc) is 2.45. The molecule has 3 atom stereocenters. The van der Waals surface area contributed by atoms with E-state index in [0.717, 1.165) is 25.3 Å². The Morgan fingerprint density at radius 1 is 1.33 bits per heavy atom. The number of hydrogen-bond donors (Lipinski definition) is 1. The van der Waals surface area contributed by atoms with Crippen LogP contribution in [0, 0.1) is 11.7 Å². The lowest BCUT2D eigenvalue weighted by Gasteiger charge is -2.40. The molecule has 1 aliphatic heterocycles. The standard InChI is InChI=1S/C17H25FN2O3S/c1-12(17(21)20-13(2)6-4-7-14(20)3)11-24(22,23)19-16-9-5-8-15(18)10-16/h5,8-10,12-14,19H,4,6-7,11H2,1-3H3. The molecule has 5 nitrogen and oxygen atoms in total. The van der Waals surface area contributed by atoms with Crippen LogP contribution in [0.2, 0.25) is 0 Å². The van der Waals surface area contributed by atoms with Gasteiger partial charge in [-0.25, -0.2) is 12.8 Å². The zero-order chi connectivity index (χ0) is 17.9. The van der Waals surface area contributed by atoms with Gasteiger partial charge in [0.05, 0.1) is 17.4 Å². The van der Waals surface area contributed by atoms with Crippen molar-refractivity contribution in [3.63, 3.8) is 0 Å². The van der Waals surface area contributed by atoms with Gasteiger partial charge >= 0.3 is 0 Å². The van der Waals surface area contributed by atoms with Crippen molar-refractivity contribution in [3.05, 3.63) is 30.1 Å². The summed E-state index contributed by atoms with van der Waals surface area (Å²) >= 11 is 0. The number of anilines is 1. The molecular formula is C17H25FN2O3S. The first kappa shape index (κ1) is 18.7. The van der Waals surface area contributed by atoms with Crippen molar-refractivity contribution in [1.29, 1.82) is 0 Å². The number of nitrogens with zero attached hydrogens (tertiary/aromatic N) is 1. The van der Waals surface area contributed by atoms with Gasteiger partial charge in [0.25, 0.3) is 0 Å². The highest BCUT2D eigenvalue weighted by Gasteiger charge is 2.33. The maximum Gasteiger partial charge on any atom is 0.233 e. The minimum atomic E-state index is -3.73. The van der Waals surface area contributed by atoms with E-state index in [0.29, 0.717) is 0 Å². The molecule has 2 rings (SSSR count). The molecule has 1 aromatic carbocycles. The molecular weight excluding hydrogens is 331 g/mol. The first-order valence-corrected chi connectivity index (χ1v) is 9.93. The predicted molar refractivity (Wildman–Crippen MR) is 92.6 cm³/mol. The van der Waals surface area contributed by atoms with Crippen LogP contribution in [0.4, 0.5) is 10.1 Å². The quantitative estimate of drug-likeness (QED) is 0.882. The fourth-order valence-electron chi connectivity index (χ4n) is 3.28. The number of carbonyl (C=O) groups is 1. The summed E-state index contributed by atoms with van der Waals surface area (Å²) in [4.78, 5) is 14.5. The first-order valence-electron chi connectivity index (χ1n) is 8.28. The third kappa shape index (κ3) is 4.69. The van der Waals surface area contributed by atoms with E-state index >= 15 is 0 Å². The molecule has 1 saturated heterocycles. The lowest BCUT2D eigenvalue weighted by atomic mass is 9.96. The van der Waals surface area contributed by atoms with Crippen LogP contribution >= 0.6 is 0 Å². The van der Waals surface area contributed by atoms with Crippen LogP contribution in [-0.4, -0.2) is 37.1 Å². The van der Waals surface area contributed by atoms with E-state index in [-0.39, 0.29) is 29.4 Å². The van der Waals surface area contributed by atoms with Gasteiger partial charge in [-0.15, -0.1) is 0 Å². The van der Waals surface area contributed by atoms with Gasteiger partial charge in [-0.05, 0) is 51.3 Å². The predicted octanol–water partition coefficient (Wildman–Crippen LogP) is 2.99. The zero-order valence-electron chi connectivity index (χ0n) is 14.3. The Balaban J connectivity index is 2.04. The van der Waals surface area contributed by atoms with E-state index in [1.54, 1.807) is 6.92 Å². The van der Waals surface area contributed by atoms with Crippen molar-refractivity contribution < 1.29 is 17.6 Å². The number of nitrogens with one attached hydrogen (secondary N) is 1. The number of benzene rings is 1. The van der Waals surface area contributed by atoms with Crippen LogP contribution in [0.5, 0.6) is 0 Å². The van der Waals surface area contributed by atoms with Crippen LogP contribution in [0.1, 0.15) is 40.0 Å². The molecule has 1 N–H and O–H groups in total. The summed E-state index contributed by atoms with van der Waals surface area (Å²) in [5.74, 6) is -1.63. The second-order valence-electron chi connectivity index (χ2n) is 6.67. The van der Waals surface area contributed by atoms with E-state index in [1.165, 1.54) is 18.2 Å². The minimum Gasteiger partial charge on any atom is -0.337 e. The van der Waals surface area contributed by atoms with Crippen LogP contribution in [-0.2, 0) is 14.8 Å². The Kier molecular flexibility index (Phi) is 5.85. The van der Waals surface area contributed by atoms with E-state index < -0.39 is 21.8 Å². The molecule has 1 fully saturated rings. The van der Waals surface area contributed by atoms with E-state index in [4.69, 9.17) is 0 Å². The lowest BCUT2D eigenvalue weighted by Crippen LogP contribution is -2.50. The molecule has 1 amide bonds. The molecule has 7 heteroatoms. The van der Waals surface area contributed by atoms with Gasteiger partial charge < -0.3 is 4.90 Å². The highest BCUT2D eigenvalue weighted by atomic mass is 32.2. The highest BCUT2D eigenvalue weighted by molar-refractivity contribution is 7.92. The van der Waals surface area contributed by atoms with Crippen molar-refractivity contribution in [2.75, 3.05) is 10.5 Å². The number of piperidine rings is 1. The number of halogens is 1. The van der Waals surface area contributed by atoms with E-state index in [2.05, 4.69) is 4.72 Å². The van der Waals surface area contributed by atoms with Crippen LogP contribution < -0.4 is 4.72 Å². The van der Waals surface area contributed by atoms with Crippen molar-refractivity contribution in [2.45, 2.75) is 52.1 Å². The Morgan fingerprint density at radius 2 is 1.96 bits per heavy atom. The summed E-state index contributed by atoms with van der Waals surface area (Å²) in [5, 5.41) is 0. The number of rotatable bonds is 5. The van der Waals surface area contributed by atoms with Gasteiger partial charge in [-0.2, -0.15) is 0 Å². The average molecular weight is 356 g/mol. The summed E-state index contributed by atoms with van der Waals surface area (Å²) in [5.41, 5.74) is 0.161. The summed E-state index contributed by atoms with van der Waals surface area (Å²) < 4.78 is 40.0. The minimum absolute atomic E-state index is 0.127. The second-order valence-corrected chi connectivity index (χ2v) is 8.44. The normalized spacial score (nSPS) is 22.9. The van der Waals surface area contributed by atoms with Gasteiger partial charge in [-0.3, -0.25) is 9.52 Å². The Hall–Kier alpha value is -1.63. The molecule has 3 unspecified atom stereocenters. The molecule has 0 saturated carbocycles. The van der Waals surface area contributed by atoms with Gasteiger partial charge in [0.2, 0.25) is 15.9 Å². The second kappa shape index (κ2) is 7.51. The van der Waals surface area contributed by atoms with Crippen molar-refractivity contribution >= 4 is 21.6 Å². The summed E-state index contributed by atoms with van der Waals surface area (Å²) in [6.45, 7) is 5.63. The topological polar surface area (TPSA) is 66.5 Å². The lowest BCUT2D eigenvalue weighted by molar-refractivity contribution is -0.140. The Bertz CT molecular complexity index is 683. The fraction of sp³-hybridized carbons (Fsp3) is 0.588. The number of amides is 1. The SMILES string of the molecule is CC(CS(=O)(=O)Nc1cccc(F)c1)C(=O)N1C(C)CCCC1C. The Morgan fingerprint density at radius 3 is 2.54 bits per heavy atom. The molecule has 0 aromatic heterocycles. The molecule has 1 aliphatic rings. The molecule has 0 radical (unpaired) electrons. The maximum atomic E-state index is 13.2. The molecule has 1 heterocycles. The van der Waals surface area contributed by atoms with E-state index in [9.17, 15) is 17.6 Å². The smallest absolute Gasteiger partial charge is 0.233 e. The molecule has 1 aromatic rings. The molecule has 0 spiro atoms. The molecule has 0 aliphatic carbocycles. The molecule has 24 heavy (non-hydrogen) atoms. The maximum absolute atomic E-state index is 13.2. The zero-order valence-corrected chi connectivity index (χ0v) is 15.1. The molecule has 134 valence electrons. The largest absolute Gasteiger partial charge is 0.337 e. The van der Waals surface area contributed by atoms with E-state index in [1.807, 2.05) is 18.7 Å². The molecule has 0 bridgehead atoms. The van der Waals surface area contributed by atoms with Crippen LogP contribution in [0.3, 0.4) is 0 Å². The van der Waals surface area contributed by atoms with Gasteiger partial charge in [0.15, 0.2) is 0 Å². The van der Waals surface area contributed by atoms with Crippen molar-refractivity contribution in [2.24, 2.45) is 5.92 Å². The van der Waals surface area contributed by atoms with Gasteiger partial charge in [0, 0.05) is 12.1 Å².